The van der Waals surface area contributed by atoms with Gasteiger partial charge in [-0.1, -0.05) is 44.2 Å². The Balaban J connectivity index is 1.37. The van der Waals surface area contributed by atoms with E-state index in [1.54, 1.807) is 27.2 Å². The number of rotatable bonds is 5. The molecule has 1 aromatic heterocycles. The minimum absolute atomic E-state index is 0.251. The van der Waals surface area contributed by atoms with Crippen LogP contribution in [0.25, 0.3) is 23.0 Å². The van der Waals surface area contributed by atoms with Crippen molar-refractivity contribution in [2.45, 2.75) is 44.4 Å². The summed E-state index contributed by atoms with van der Waals surface area (Å²) in [6.07, 6.45) is 8.17. The highest BCUT2D eigenvalue weighted by molar-refractivity contribution is 8.18. The topological polar surface area (TPSA) is 87.9 Å². The first-order valence-corrected chi connectivity index (χ1v) is 16.6. The number of thioether (sulfide) groups is 1. The highest BCUT2D eigenvalue weighted by Gasteiger charge is 2.32. The minimum Gasteiger partial charge on any atom is -0.351 e. The molecule has 3 aromatic rings. The zero-order valence-electron chi connectivity index (χ0n) is 23.4. The predicted molar refractivity (Wildman–Crippen MR) is 164 cm³/mol. The molecule has 214 valence electrons. The number of amides is 1. The second-order valence-corrected chi connectivity index (χ2v) is 14.3. The van der Waals surface area contributed by atoms with E-state index in [0.29, 0.717) is 41.1 Å². The molecule has 3 aliphatic rings. The van der Waals surface area contributed by atoms with E-state index in [0.717, 1.165) is 48.8 Å². The van der Waals surface area contributed by atoms with Crippen LogP contribution in [0, 0.1) is 11.8 Å². The van der Waals surface area contributed by atoms with Gasteiger partial charge in [-0.2, -0.15) is 14.4 Å². The van der Waals surface area contributed by atoms with Crippen molar-refractivity contribution >= 4 is 38.9 Å². The van der Waals surface area contributed by atoms with Crippen LogP contribution in [0.5, 0.6) is 0 Å². The normalized spacial score (nSPS) is 23.3. The summed E-state index contributed by atoms with van der Waals surface area (Å²) in [6, 6.07) is 16.8. The lowest BCUT2D eigenvalue weighted by atomic mass is 9.94. The Morgan fingerprint density at radius 1 is 0.951 bits per heavy atom. The number of carbonyl (C=O) groups excluding carboxylic acids is 1. The van der Waals surface area contributed by atoms with Gasteiger partial charge in [0.05, 0.1) is 15.5 Å². The quantitative estimate of drug-likeness (QED) is 0.357. The van der Waals surface area contributed by atoms with Crippen molar-refractivity contribution in [3.05, 3.63) is 71.3 Å². The van der Waals surface area contributed by atoms with Crippen molar-refractivity contribution in [1.29, 1.82) is 0 Å². The van der Waals surface area contributed by atoms with Crippen LogP contribution in [0.1, 0.15) is 45.1 Å². The molecule has 3 aliphatic heterocycles. The van der Waals surface area contributed by atoms with Gasteiger partial charge in [0, 0.05) is 43.5 Å². The minimum atomic E-state index is -3.67. The molecular formula is C31H35N5O3S2. The average molecular weight is 590 g/mol. The van der Waals surface area contributed by atoms with Gasteiger partial charge >= 0.3 is 0 Å². The number of piperidine rings is 2. The van der Waals surface area contributed by atoms with E-state index in [4.69, 9.17) is 5.10 Å². The molecule has 0 aliphatic carbocycles. The van der Waals surface area contributed by atoms with E-state index < -0.39 is 10.0 Å². The number of likely N-dealkylation sites (tertiary alicyclic amines) is 1. The number of aromatic nitrogens is 2. The molecule has 4 heterocycles. The van der Waals surface area contributed by atoms with Gasteiger partial charge in [0.25, 0.3) is 5.91 Å². The van der Waals surface area contributed by atoms with E-state index in [2.05, 4.69) is 23.7 Å². The van der Waals surface area contributed by atoms with Gasteiger partial charge in [0.1, 0.15) is 5.69 Å². The van der Waals surface area contributed by atoms with Gasteiger partial charge in [-0.25, -0.2) is 13.1 Å². The van der Waals surface area contributed by atoms with Gasteiger partial charge in [0.15, 0.2) is 5.17 Å². The lowest BCUT2D eigenvalue weighted by Gasteiger charge is -2.34. The third kappa shape index (κ3) is 5.91. The standard InChI is InChI=1S/C31H35N5O3S2/c1-22-16-23(2)20-35(19-22)41(38,39)27-13-9-10-24(17-27)29-25(21-36(33-29)26-11-5-3-6-12-26)18-28-30(37)32-31(40-28)34-14-7-4-8-15-34/h3,5-6,9-13,17-18,21-23H,4,7-8,14-16,19-20H2,1-2H3. The maximum atomic E-state index is 13.7. The van der Waals surface area contributed by atoms with Crippen LogP contribution in [0.4, 0.5) is 0 Å². The maximum absolute atomic E-state index is 13.7. The number of sulfonamides is 1. The Labute approximate surface area is 246 Å². The van der Waals surface area contributed by atoms with E-state index in [1.165, 1.54) is 18.2 Å². The summed E-state index contributed by atoms with van der Waals surface area (Å²) in [5.74, 6) is 0.378. The SMILES string of the molecule is CC1CC(C)CN(S(=O)(=O)c2cccc(-c3nn(-c4ccccc4)cc3C=C3SC(N4CCCCC4)=NC3=O)c2)C1. The number of para-hydroxylation sites is 1. The summed E-state index contributed by atoms with van der Waals surface area (Å²) in [6.45, 7) is 7.09. The monoisotopic (exact) mass is 589 g/mol. The smallest absolute Gasteiger partial charge is 0.286 e. The Morgan fingerprint density at radius 2 is 1.68 bits per heavy atom. The number of hydrogen-bond donors (Lipinski definition) is 0. The number of aliphatic imine (C=N–C) groups is 1. The molecule has 1 amide bonds. The molecule has 8 nitrogen and oxygen atoms in total. The fourth-order valence-corrected chi connectivity index (χ4v) is 8.63. The number of nitrogens with zero attached hydrogens (tertiary/aromatic N) is 5. The Morgan fingerprint density at radius 3 is 2.41 bits per heavy atom. The molecule has 41 heavy (non-hydrogen) atoms. The van der Waals surface area contributed by atoms with E-state index >= 15 is 0 Å². The van der Waals surface area contributed by atoms with Gasteiger partial charge in [-0.3, -0.25) is 4.79 Å². The molecule has 6 rings (SSSR count). The van der Waals surface area contributed by atoms with Crippen molar-refractivity contribution in [2.24, 2.45) is 16.8 Å². The van der Waals surface area contributed by atoms with Crippen LogP contribution < -0.4 is 0 Å². The van der Waals surface area contributed by atoms with Crippen LogP contribution in [0.15, 0.2) is 75.6 Å². The lowest BCUT2D eigenvalue weighted by Crippen LogP contribution is -2.42. The molecular weight excluding hydrogens is 555 g/mol. The van der Waals surface area contributed by atoms with Crippen molar-refractivity contribution < 1.29 is 13.2 Å². The van der Waals surface area contributed by atoms with Crippen LogP contribution in [-0.2, 0) is 14.8 Å². The van der Waals surface area contributed by atoms with Crippen LogP contribution >= 0.6 is 11.8 Å². The third-order valence-electron chi connectivity index (χ3n) is 7.87. The van der Waals surface area contributed by atoms with Crippen LogP contribution in [-0.4, -0.2) is 64.7 Å². The van der Waals surface area contributed by atoms with E-state index in [9.17, 15) is 13.2 Å². The largest absolute Gasteiger partial charge is 0.351 e. The molecule has 0 N–H and O–H groups in total. The van der Waals surface area contributed by atoms with E-state index in [-0.39, 0.29) is 10.8 Å². The second kappa shape index (κ2) is 11.6. The molecule has 0 radical (unpaired) electrons. The van der Waals surface area contributed by atoms with Crippen LogP contribution in [0.2, 0.25) is 0 Å². The van der Waals surface area contributed by atoms with Gasteiger partial charge in [-0.05, 0) is 79.6 Å². The molecule has 2 unspecified atom stereocenters. The summed E-state index contributed by atoms with van der Waals surface area (Å²) in [5.41, 5.74) is 2.89. The first-order valence-electron chi connectivity index (χ1n) is 14.3. The number of carbonyl (C=O) groups is 1. The zero-order chi connectivity index (χ0) is 28.6. The van der Waals surface area contributed by atoms with Crippen LogP contribution in [0.3, 0.4) is 0 Å². The lowest BCUT2D eigenvalue weighted by molar-refractivity contribution is -0.113. The summed E-state index contributed by atoms with van der Waals surface area (Å²) in [4.78, 5) is 20.3. The van der Waals surface area contributed by atoms with Gasteiger partial charge < -0.3 is 4.90 Å². The first-order chi connectivity index (χ1) is 19.8. The molecule has 2 saturated heterocycles. The summed E-state index contributed by atoms with van der Waals surface area (Å²) in [7, 11) is -3.67. The predicted octanol–water partition coefficient (Wildman–Crippen LogP) is 5.66. The average Bonchev–Trinajstić information content (AvgIpc) is 3.57. The van der Waals surface area contributed by atoms with E-state index in [1.807, 2.05) is 48.7 Å². The molecule has 0 spiro atoms. The molecule has 0 bridgehead atoms. The highest BCUT2D eigenvalue weighted by Crippen LogP contribution is 2.35. The highest BCUT2D eigenvalue weighted by atomic mass is 32.2. The third-order valence-corrected chi connectivity index (χ3v) is 10.7. The van der Waals surface area contributed by atoms with Gasteiger partial charge in [0.2, 0.25) is 10.0 Å². The fourth-order valence-electron chi connectivity index (χ4n) is 5.94. The molecule has 0 saturated carbocycles. The van der Waals surface area contributed by atoms with Gasteiger partial charge in [-0.15, -0.1) is 0 Å². The molecule has 10 heteroatoms. The number of benzene rings is 2. The summed E-state index contributed by atoms with van der Waals surface area (Å²) >= 11 is 1.40. The van der Waals surface area contributed by atoms with Crippen molar-refractivity contribution in [2.75, 3.05) is 26.2 Å². The Hall–Kier alpha value is -3.21. The number of amidine groups is 1. The first kappa shape index (κ1) is 27.9. The summed E-state index contributed by atoms with van der Waals surface area (Å²) < 4.78 is 30.8. The van der Waals surface area contributed by atoms with Crippen molar-refractivity contribution in [3.63, 3.8) is 0 Å². The molecule has 2 atom stereocenters. The second-order valence-electron chi connectivity index (χ2n) is 11.4. The fraction of sp³-hybridized carbons (Fsp3) is 0.387. The molecule has 2 fully saturated rings. The zero-order valence-corrected chi connectivity index (χ0v) is 25.1. The molecule has 2 aromatic carbocycles. The van der Waals surface area contributed by atoms with Crippen molar-refractivity contribution in [1.82, 2.24) is 19.0 Å². The Kier molecular flexibility index (Phi) is 7.89. The number of hydrogen-bond acceptors (Lipinski definition) is 6. The summed E-state index contributed by atoms with van der Waals surface area (Å²) in [5, 5.41) is 5.64. The maximum Gasteiger partial charge on any atom is 0.286 e. The Bertz CT molecular complexity index is 1600. The van der Waals surface area contributed by atoms with Crippen molar-refractivity contribution in [3.8, 4) is 16.9 Å².